The van der Waals surface area contributed by atoms with Crippen LogP contribution in [0.25, 0.3) is 0 Å². The molecule has 0 bridgehead atoms. The predicted octanol–water partition coefficient (Wildman–Crippen LogP) is 3.98. The molecule has 4 nitrogen and oxygen atoms in total. The third-order valence-electron chi connectivity index (χ3n) is 4.43. The number of guanidine groups is 1. The number of nitrogens with zero attached hydrogens (tertiary/aromatic N) is 1. The Bertz CT molecular complexity index is 547. The first-order chi connectivity index (χ1) is 11.6. The van der Waals surface area contributed by atoms with Crippen molar-refractivity contribution in [2.75, 3.05) is 32.6 Å². The van der Waals surface area contributed by atoms with E-state index in [0.717, 1.165) is 49.6 Å². The molecule has 0 radical (unpaired) electrons. The molecule has 1 aromatic rings. The maximum absolute atomic E-state index is 5.52. The molecule has 1 saturated heterocycles. The number of hydrogen-bond donors (Lipinski definition) is 2. The molecule has 1 aliphatic heterocycles. The van der Waals surface area contributed by atoms with E-state index in [1.54, 1.807) is 0 Å². The van der Waals surface area contributed by atoms with Crippen molar-refractivity contribution in [3.8, 4) is 0 Å². The Balaban J connectivity index is 2.06. The van der Waals surface area contributed by atoms with Crippen molar-refractivity contribution in [2.45, 2.75) is 37.5 Å². The average Bonchev–Trinajstić information content (AvgIpc) is 2.61. The minimum atomic E-state index is 0.179. The molecule has 0 aromatic heterocycles. The number of ether oxygens (including phenoxy) is 1. The van der Waals surface area contributed by atoms with Crippen molar-refractivity contribution in [3.05, 3.63) is 34.3 Å². The molecule has 1 heterocycles. The lowest BCUT2D eigenvalue weighted by atomic mass is 9.99. The molecule has 1 unspecified atom stereocenters. The maximum Gasteiger partial charge on any atom is 0.191 e. The van der Waals surface area contributed by atoms with Crippen LogP contribution < -0.4 is 10.6 Å². The molecule has 134 valence electrons. The van der Waals surface area contributed by atoms with Crippen LogP contribution >= 0.6 is 27.7 Å². The zero-order chi connectivity index (χ0) is 17.4. The fourth-order valence-corrected chi connectivity index (χ4v) is 4.22. The van der Waals surface area contributed by atoms with E-state index in [9.17, 15) is 0 Å². The molecule has 24 heavy (non-hydrogen) atoms. The van der Waals surface area contributed by atoms with Crippen LogP contribution in [0.5, 0.6) is 0 Å². The fourth-order valence-electron chi connectivity index (χ4n) is 2.82. The van der Waals surface area contributed by atoms with E-state index in [4.69, 9.17) is 9.73 Å². The van der Waals surface area contributed by atoms with Gasteiger partial charge in [-0.25, -0.2) is 0 Å². The standard InChI is InChI=1S/C18H28BrN3OS/c1-4-20-17(21-13-18(24-3)9-11-23-12-10-18)22-14(2)15-7-5-6-8-16(15)19/h5-8,14H,4,9-13H2,1-3H3,(H2,20,21,22). The van der Waals surface area contributed by atoms with Crippen molar-refractivity contribution in [3.63, 3.8) is 0 Å². The molecule has 6 heteroatoms. The van der Waals surface area contributed by atoms with Gasteiger partial charge in [-0.1, -0.05) is 34.1 Å². The third kappa shape index (κ3) is 5.39. The van der Waals surface area contributed by atoms with Gasteiger partial charge < -0.3 is 15.4 Å². The summed E-state index contributed by atoms with van der Waals surface area (Å²) in [7, 11) is 0. The van der Waals surface area contributed by atoms with Gasteiger partial charge in [-0.2, -0.15) is 11.8 Å². The smallest absolute Gasteiger partial charge is 0.191 e. The topological polar surface area (TPSA) is 45.7 Å². The first-order valence-corrected chi connectivity index (χ1v) is 10.5. The quantitative estimate of drug-likeness (QED) is 0.546. The van der Waals surface area contributed by atoms with Crippen molar-refractivity contribution in [1.29, 1.82) is 0 Å². The van der Waals surface area contributed by atoms with Gasteiger partial charge >= 0.3 is 0 Å². The van der Waals surface area contributed by atoms with Crippen LogP contribution in [-0.2, 0) is 4.74 Å². The van der Waals surface area contributed by atoms with Crippen molar-refractivity contribution in [1.82, 2.24) is 10.6 Å². The molecule has 2 rings (SSSR count). The number of rotatable bonds is 6. The molecule has 0 spiro atoms. The van der Waals surface area contributed by atoms with Gasteiger partial charge in [0.05, 0.1) is 12.6 Å². The van der Waals surface area contributed by atoms with Crippen LogP contribution in [0.3, 0.4) is 0 Å². The predicted molar refractivity (Wildman–Crippen MR) is 108 cm³/mol. The molecule has 0 saturated carbocycles. The van der Waals surface area contributed by atoms with Crippen LogP contribution in [0.15, 0.2) is 33.7 Å². The second-order valence-electron chi connectivity index (χ2n) is 6.08. The molecule has 0 amide bonds. The van der Waals surface area contributed by atoms with Crippen LogP contribution in [0.4, 0.5) is 0 Å². The van der Waals surface area contributed by atoms with Crippen molar-refractivity contribution < 1.29 is 4.74 Å². The van der Waals surface area contributed by atoms with Crippen LogP contribution in [0.1, 0.15) is 38.3 Å². The van der Waals surface area contributed by atoms with E-state index in [2.05, 4.69) is 64.9 Å². The van der Waals surface area contributed by atoms with Crippen LogP contribution in [-0.4, -0.2) is 43.3 Å². The largest absolute Gasteiger partial charge is 0.381 e. The van der Waals surface area contributed by atoms with Crippen molar-refractivity contribution >= 4 is 33.7 Å². The summed E-state index contributed by atoms with van der Waals surface area (Å²) >= 11 is 5.55. The van der Waals surface area contributed by atoms with Crippen LogP contribution in [0, 0.1) is 0 Å². The lowest BCUT2D eigenvalue weighted by Crippen LogP contribution is -2.41. The zero-order valence-electron chi connectivity index (χ0n) is 14.8. The number of halogens is 1. The van der Waals surface area contributed by atoms with Gasteiger partial charge in [0.2, 0.25) is 0 Å². The number of hydrogen-bond acceptors (Lipinski definition) is 3. The summed E-state index contributed by atoms with van der Waals surface area (Å²) in [6.07, 6.45) is 4.32. The second-order valence-corrected chi connectivity index (χ2v) is 8.21. The van der Waals surface area contributed by atoms with Gasteiger partial charge in [-0.15, -0.1) is 0 Å². The Morgan fingerprint density at radius 3 is 2.71 bits per heavy atom. The monoisotopic (exact) mass is 413 g/mol. The molecule has 1 aliphatic rings. The summed E-state index contributed by atoms with van der Waals surface area (Å²) in [5.41, 5.74) is 1.23. The molecule has 1 atom stereocenters. The number of thioether (sulfide) groups is 1. The Morgan fingerprint density at radius 1 is 1.38 bits per heavy atom. The molecule has 1 fully saturated rings. The lowest BCUT2D eigenvalue weighted by Gasteiger charge is -2.34. The van der Waals surface area contributed by atoms with Crippen LogP contribution in [0.2, 0.25) is 0 Å². The molecule has 1 aromatic carbocycles. The average molecular weight is 414 g/mol. The molecule has 2 N–H and O–H groups in total. The van der Waals surface area contributed by atoms with Crippen molar-refractivity contribution in [2.24, 2.45) is 4.99 Å². The highest BCUT2D eigenvalue weighted by Gasteiger charge is 2.31. The second kappa shape index (κ2) is 9.68. The maximum atomic E-state index is 5.52. The third-order valence-corrected chi connectivity index (χ3v) is 6.56. The van der Waals surface area contributed by atoms with Gasteiger partial charge in [0, 0.05) is 29.0 Å². The van der Waals surface area contributed by atoms with Gasteiger partial charge in [-0.3, -0.25) is 4.99 Å². The Kier molecular flexibility index (Phi) is 7.91. The minimum Gasteiger partial charge on any atom is -0.381 e. The normalized spacial score (nSPS) is 18.9. The number of aliphatic imine (C=N–C) groups is 1. The molecule has 0 aliphatic carbocycles. The molecular formula is C18H28BrN3OS. The lowest BCUT2D eigenvalue weighted by molar-refractivity contribution is 0.0794. The van der Waals surface area contributed by atoms with E-state index in [0.29, 0.717) is 0 Å². The van der Waals surface area contributed by atoms with E-state index in [1.807, 2.05) is 17.8 Å². The Morgan fingerprint density at radius 2 is 2.08 bits per heavy atom. The summed E-state index contributed by atoms with van der Waals surface area (Å²) < 4.78 is 6.84. The van der Waals surface area contributed by atoms with Gasteiger partial charge in [0.1, 0.15) is 0 Å². The SMILES string of the molecule is CCNC(=NCC1(SC)CCOCC1)NC(C)c1ccccc1Br. The summed E-state index contributed by atoms with van der Waals surface area (Å²) in [5, 5.41) is 6.89. The minimum absolute atomic E-state index is 0.179. The number of benzene rings is 1. The van der Waals surface area contributed by atoms with Gasteiger partial charge in [-0.05, 0) is 44.6 Å². The van der Waals surface area contributed by atoms with Gasteiger partial charge in [0.15, 0.2) is 5.96 Å². The highest BCUT2D eigenvalue weighted by Crippen LogP contribution is 2.34. The summed E-state index contributed by atoms with van der Waals surface area (Å²) in [4.78, 5) is 4.88. The first kappa shape index (κ1) is 19.6. The summed E-state index contributed by atoms with van der Waals surface area (Å²) in [6, 6.07) is 8.48. The first-order valence-electron chi connectivity index (χ1n) is 8.52. The summed E-state index contributed by atoms with van der Waals surface area (Å²) in [6.45, 7) is 7.60. The number of nitrogens with one attached hydrogen (secondary N) is 2. The highest BCUT2D eigenvalue weighted by molar-refractivity contribution is 9.10. The van der Waals surface area contributed by atoms with Gasteiger partial charge in [0.25, 0.3) is 0 Å². The highest BCUT2D eigenvalue weighted by atomic mass is 79.9. The Labute approximate surface area is 158 Å². The van der Waals surface area contributed by atoms with E-state index in [-0.39, 0.29) is 10.8 Å². The molecular weight excluding hydrogens is 386 g/mol. The summed E-state index contributed by atoms with van der Waals surface area (Å²) in [5.74, 6) is 0.876. The Hall–Kier alpha value is -0.720. The fraction of sp³-hybridized carbons (Fsp3) is 0.611. The van der Waals surface area contributed by atoms with E-state index >= 15 is 0 Å². The van der Waals surface area contributed by atoms with E-state index < -0.39 is 0 Å². The van der Waals surface area contributed by atoms with E-state index in [1.165, 1.54) is 5.56 Å². The zero-order valence-corrected chi connectivity index (χ0v) is 17.2.